The fraction of sp³-hybridized carbons (Fsp3) is 0.571. The van der Waals surface area contributed by atoms with Crippen LogP contribution in [0.15, 0.2) is 18.3 Å². The van der Waals surface area contributed by atoms with Crippen LogP contribution in [0.2, 0.25) is 0 Å². The lowest BCUT2D eigenvalue weighted by atomic mass is 9.76. The molecule has 1 atom stereocenters. The van der Waals surface area contributed by atoms with Crippen molar-refractivity contribution in [2.45, 2.75) is 63.4 Å². The molecule has 0 spiro atoms. The number of hydrogen-bond acceptors (Lipinski definition) is 7. The van der Waals surface area contributed by atoms with E-state index in [1.54, 1.807) is 13.0 Å². The monoisotopic (exact) mass is 437 g/mol. The first-order chi connectivity index (χ1) is 14.5. The summed E-state index contributed by atoms with van der Waals surface area (Å²) >= 11 is 0. The van der Waals surface area contributed by atoms with Gasteiger partial charge >= 0.3 is 6.18 Å². The largest absolute Gasteiger partial charge is 0.506 e. The van der Waals surface area contributed by atoms with Crippen LogP contribution in [0.3, 0.4) is 0 Å². The molecular formula is C21H26F3N5O2. The Hall–Kier alpha value is -2.46. The van der Waals surface area contributed by atoms with Crippen molar-refractivity contribution in [3.63, 3.8) is 0 Å². The minimum Gasteiger partial charge on any atom is -0.506 e. The average Bonchev–Trinajstić information content (AvgIpc) is 2.66. The number of halogens is 3. The minimum absolute atomic E-state index is 0.0366. The van der Waals surface area contributed by atoms with E-state index in [-0.39, 0.29) is 17.4 Å². The lowest BCUT2D eigenvalue weighted by Gasteiger charge is -2.49. The van der Waals surface area contributed by atoms with Gasteiger partial charge in [0.15, 0.2) is 0 Å². The Morgan fingerprint density at radius 2 is 1.94 bits per heavy atom. The first kappa shape index (κ1) is 21.8. The molecule has 2 aromatic heterocycles. The summed E-state index contributed by atoms with van der Waals surface area (Å²) in [6.45, 7) is 5.48. The lowest BCUT2D eigenvalue weighted by molar-refractivity contribution is -0.137. The molecule has 0 radical (unpaired) electrons. The van der Waals surface area contributed by atoms with Gasteiger partial charge in [-0.05, 0) is 63.8 Å². The number of aliphatic hydroxyl groups is 1. The van der Waals surface area contributed by atoms with Gasteiger partial charge in [-0.25, -0.2) is 4.98 Å². The van der Waals surface area contributed by atoms with Crippen molar-refractivity contribution in [3.05, 3.63) is 29.5 Å². The van der Waals surface area contributed by atoms with Crippen LogP contribution < -0.4 is 5.32 Å². The predicted octanol–water partition coefficient (Wildman–Crippen LogP) is 3.36. The molecule has 3 heterocycles. The van der Waals surface area contributed by atoms with Crippen LogP contribution in [0.1, 0.15) is 43.7 Å². The van der Waals surface area contributed by atoms with Gasteiger partial charge in [-0.1, -0.05) is 0 Å². The van der Waals surface area contributed by atoms with Gasteiger partial charge in [-0.2, -0.15) is 13.2 Å². The summed E-state index contributed by atoms with van der Waals surface area (Å²) in [5.74, 6) is -0.0210. The quantitative estimate of drug-likeness (QED) is 0.675. The van der Waals surface area contributed by atoms with Crippen molar-refractivity contribution in [1.29, 1.82) is 0 Å². The third kappa shape index (κ3) is 4.74. The van der Waals surface area contributed by atoms with Gasteiger partial charge in [-0.15, -0.1) is 10.2 Å². The number of nitrogens with zero attached hydrogens (tertiary/aromatic N) is 4. The molecule has 1 aliphatic carbocycles. The molecular weight excluding hydrogens is 411 g/mol. The maximum absolute atomic E-state index is 12.8. The van der Waals surface area contributed by atoms with Crippen molar-refractivity contribution >= 4 is 5.82 Å². The zero-order valence-corrected chi connectivity index (χ0v) is 17.4. The molecule has 4 rings (SSSR count). The van der Waals surface area contributed by atoms with Gasteiger partial charge in [0.25, 0.3) is 0 Å². The zero-order valence-electron chi connectivity index (χ0n) is 17.4. The highest BCUT2D eigenvalue weighted by Gasteiger charge is 2.42. The van der Waals surface area contributed by atoms with E-state index in [2.05, 4.69) is 25.4 Å². The second-order valence-corrected chi connectivity index (χ2v) is 8.89. The molecule has 10 heteroatoms. The summed E-state index contributed by atoms with van der Waals surface area (Å²) in [4.78, 5) is 6.16. The highest BCUT2D eigenvalue weighted by molar-refractivity contribution is 5.66. The summed E-state index contributed by atoms with van der Waals surface area (Å²) in [6, 6.07) is 3.00. The molecule has 3 N–H and O–H groups in total. The number of nitrogens with one attached hydrogen (secondary N) is 1. The SMILES string of the molecule is Cc1cc(NC2CCCN(C3CC(C)(O)C3)C2)nnc1-c1ncc(C(F)(F)F)cc1O. The normalized spacial score (nSPS) is 27.0. The fourth-order valence-electron chi connectivity index (χ4n) is 4.46. The average molecular weight is 437 g/mol. The van der Waals surface area contributed by atoms with Crippen molar-refractivity contribution in [2.24, 2.45) is 0 Å². The van der Waals surface area contributed by atoms with Crippen LogP contribution in [0.25, 0.3) is 11.4 Å². The number of hydrogen-bond donors (Lipinski definition) is 3. The maximum atomic E-state index is 12.8. The number of piperidine rings is 1. The molecule has 1 unspecified atom stereocenters. The van der Waals surface area contributed by atoms with Crippen LogP contribution >= 0.6 is 0 Å². The van der Waals surface area contributed by atoms with Gasteiger partial charge in [-0.3, -0.25) is 4.90 Å². The van der Waals surface area contributed by atoms with E-state index in [0.717, 1.165) is 38.8 Å². The Labute approximate surface area is 178 Å². The Morgan fingerprint density at radius 1 is 1.19 bits per heavy atom. The Balaban J connectivity index is 1.44. The van der Waals surface area contributed by atoms with E-state index in [0.29, 0.717) is 29.7 Å². The van der Waals surface area contributed by atoms with Crippen molar-refractivity contribution < 1.29 is 23.4 Å². The number of aromatic nitrogens is 3. The van der Waals surface area contributed by atoms with Gasteiger partial charge in [0.2, 0.25) is 0 Å². The lowest BCUT2D eigenvalue weighted by Crippen LogP contribution is -2.57. The van der Waals surface area contributed by atoms with Gasteiger partial charge in [0, 0.05) is 24.8 Å². The van der Waals surface area contributed by atoms with Crippen LogP contribution in [0.4, 0.5) is 19.0 Å². The molecule has 0 bridgehead atoms. The summed E-state index contributed by atoms with van der Waals surface area (Å²) in [5.41, 5.74) is -0.735. The summed E-state index contributed by atoms with van der Waals surface area (Å²) < 4.78 is 38.4. The zero-order chi connectivity index (χ0) is 22.4. The number of likely N-dealkylation sites (tertiary alicyclic amines) is 1. The van der Waals surface area contributed by atoms with Crippen LogP contribution in [0, 0.1) is 6.92 Å². The van der Waals surface area contributed by atoms with Crippen LogP contribution in [-0.4, -0.2) is 61.1 Å². The molecule has 7 nitrogen and oxygen atoms in total. The third-order valence-corrected chi connectivity index (χ3v) is 6.08. The summed E-state index contributed by atoms with van der Waals surface area (Å²) in [6.07, 6.45) is -0.293. The van der Waals surface area contributed by atoms with Crippen molar-refractivity contribution in [2.75, 3.05) is 18.4 Å². The molecule has 1 saturated heterocycles. The number of alkyl halides is 3. The first-order valence-electron chi connectivity index (χ1n) is 10.4. The van der Waals surface area contributed by atoms with Crippen molar-refractivity contribution in [3.8, 4) is 17.1 Å². The minimum atomic E-state index is -4.58. The molecule has 2 aliphatic rings. The second-order valence-electron chi connectivity index (χ2n) is 8.89. The molecule has 0 aromatic carbocycles. The third-order valence-electron chi connectivity index (χ3n) is 6.08. The molecule has 31 heavy (non-hydrogen) atoms. The highest BCUT2D eigenvalue weighted by atomic mass is 19.4. The molecule has 1 saturated carbocycles. The molecule has 2 fully saturated rings. The van der Waals surface area contributed by atoms with E-state index in [1.807, 2.05) is 6.92 Å². The number of aryl methyl sites for hydroxylation is 1. The van der Waals surface area contributed by atoms with Gasteiger partial charge < -0.3 is 15.5 Å². The van der Waals surface area contributed by atoms with E-state index >= 15 is 0 Å². The summed E-state index contributed by atoms with van der Waals surface area (Å²) in [5, 5.41) is 31.7. The second kappa shape index (κ2) is 7.90. The standard InChI is InChI=1S/C21H26F3N5O2/c1-12-6-17(26-14-4-3-5-29(11-14)15-8-20(2,31)9-15)27-28-18(12)19-16(30)7-13(10-25-19)21(22,23)24/h6-7,10,14-15,30-31H,3-5,8-9,11H2,1-2H3,(H,26,27). The van der Waals surface area contributed by atoms with Gasteiger partial charge in [0.05, 0.1) is 11.2 Å². The number of rotatable bonds is 4. The highest BCUT2D eigenvalue weighted by Crippen LogP contribution is 2.37. The fourth-order valence-corrected chi connectivity index (χ4v) is 4.46. The summed E-state index contributed by atoms with van der Waals surface area (Å²) in [7, 11) is 0. The number of anilines is 1. The Kier molecular flexibility index (Phi) is 5.55. The van der Waals surface area contributed by atoms with Crippen molar-refractivity contribution in [1.82, 2.24) is 20.1 Å². The number of aromatic hydroxyl groups is 1. The predicted molar refractivity (Wildman–Crippen MR) is 109 cm³/mol. The maximum Gasteiger partial charge on any atom is 0.418 e. The Morgan fingerprint density at radius 3 is 2.55 bits per heavy atom. The van der Waals surface area contributed by atoms with E-state index < -0.39 is 23.1 Å². The topological polar surface area (TPSA) is 94.4 Å². The molecule has 2 aromatic rings. The van der Waals surface area contributed by atoms with E-state index in [4.69, 9.17) is 0 Å². The molecule has 0 amide bonds. The van der Waals surface area contributed by atoms with E-state index in [9.17, 15) is 23.4 Å². The smallest absolute Gasteiger partial charge is 0.418 e. The number of pyridine rings is 1. The van der Waals surface area contributed by atoms with E-state index in [1.165, 1.54) is 0 Å². The first-order valence-corrected chi connectivity index (χ1v) is 10.4. The molecule has 168 valence electrons. The molecule has 1 aliphatic heterocycles. The van der Waals surface area contributed by atoms with Gasteiger partial charge in [0.1, 0.15) is 23.0 Å². The Bertz CT molecular complexity index is 959. The van der Waals surface area contributed by atoms with Crippen LogP contribution in [0.5, 0.6) is 5.75 Å². The van der Waals surface area contributed by atoms with Crippen LogP contribution in [-0.2, 0) is 6.18 Å².